The molecule has 0 aliphatic carbocycles. The first kappa shape index (κ1) is 20.4. The molecular formula is C24H27N3O2. The largest absolute Gasteiger partial charge is 0.494 e. The quantitative estimate of drug-likeness (QED) is 0.592. The number of carbonyl (C=O) groups excluding carboxylic acids is 1. The Balaban J connectivity index is 1.71. The minimum atomic E-state index is -0.148. The van der Waals surface area contributed by atoms with Crippen molar-refractivity contribution in [3.05, 3.63) is 83.2 Å². The van der Waals surface area contributed by atoms with E-state index in [1.807, 2.05) is 93.1 Å². The van der Waals surface area contributed by atoms with Gasteiger partial charge in [0, 0.05) is 17.3 Å². The average molecular weight is 389 g/mol. The zero-order valence-corrected chi connectivity index (χ0v) is 17.3. The second-order valence-corrected chi connectivity index (χ2v) is 6.90. The SMILES string of the molecule is CCOc1cccc(C(C)NC(=O)/C=C/c2c(C)nn(-c3ccccc3)c2C)c1. The number of hydrogen-bond acceptors (Lipinski definition) is 3. The fourth-order valence-corrected chi connectivity index (χ4v) is 3.26. The third kappa shape index (κ3) is 4.93. The van der Waals surface area contributed by atoms with Crippen molar-refractivity contribution in [2.24, 2.45) is 0 Å². The highest BCUT2D eigenvalue weighted by atomic mass is 16.5. The lowest BCUT2D eigenvalue weighted by atomic mass is 10.1. The Morgan fingerprint density at radius 3 is 2.66 bits per heavy atom. The fourth-order valence-electron chi connectivity index (χ4n) is 3.26. The molecular weight excluding hydrogens is 362 g/mol. The highest BCUT2D eigenvalue weighted by Gasteiger charge is 2.12. The standard InChI is InChI=1S/C24H27N3O2/c1-5-29-22-13-9-10-20(16-22)17(2)25-24(28)15-14-23-18(3)26-27(19(23)4)21-11-7-6-8-12-21/h6-17H,5H2,1-4H3,(H,25,28)/b15-14+. The van der Waals surface area contributed by atoms with Gasteiger partial charge in [-0.3, -0.25) is 4.79 Å². The van der Waals surface area contributed by atoms with Gasteiger partial charge in [0.15, 0.2) is 0 Å². The van der Waals surface area contributed by atoms with Crippen molar-refractivity contribution in [3.8, 4) is 11.4 Å². The number of ether oxygens (including phenoxy) is 1. The lowest BCUT2D eigenvalue weighted by Gasteiger charge is -2.14. The van der Waals surface area contributed by atoms with Crippen molar-refractivity contribution in [1.29, 1.82) is 0 Å². The van der Waals surface area contributed by atoms with Gasteiger partial charge in [-0.25, -0.2) is 4.68 Å². The molecule has 0 bridgehead atoms. The molecule has 0 saturated heterocycles. The smallest absolute Gasteiger partial charge is 0.244 e. The van der Waals surface area contributed by atoms with Crippen LogP contribution >= 0.6 is 0 Å². The Labute approximate surface area is 172 Å². The van der Waals surface area contributed by atoms with Crippen LogP contribution in [-0.2, 0) is 4.79 Å². The Morgan fingerprint density at radius 1 is 1.17 bits per heavy atom. The van der Waals surface area contributed by atoms with Crippen LogP contribution in [0, 0.1) is 13.8 Å². The van der Waals surface area contributed by atoms with E-state index in [0.717, 1.165) is 34.0 Å². The van der Waals surface area contributed by atoms with Gasteiger partial charge in [-0.1, -0.05) is 30.3 Å². The summed E-state index contributed by atoms with van der Waals surface area (Å²) >= 11 is 0. The summed E-state index contributed by atoms with van der Waals surface area (Å²) in [6.45, 7) is 8.48. The van der Waals surface area contributed by atoms with Crippen LogP contribution in [0.1, 0.15) is 42.4 Å². The summed E-state index contributed by atoms with van der Waals surface area (Å²) in [4.78, 5) is 12.5. The topological polar surface area (TPSA) is 56.1 Å². The van der Waals surface area contributed by atoms with Crippen molar-refractivity contribution >= 4 is 12.0 Å². The van der Waals surface area contributed by atoms with E-state index in [0.29, 0.717) is 6.61 Å². The minimum Gasteiger partial charge on any atom is -0.494 e. The number of nitrogens with one attached hydrogen (secondary N) is 1. The van der Waals surface area contributed by atoms with Gasteiger partial charge in [-0.15, -0.1) is 0 Å². The van der Waals surface area contributed by atoms with Crippen LogP contribution in [0.15, 0.2) is 60.7 Å². The molecule has 0 fully saturated rings. The Kier molecular flexibility index (Phi) is 6.50. The molecule has 1 N–H and O–H groups in total. The molecule has 0 aliphatic rings. The lowest BCUT2D eigenvalue weighted by molar-refractivity contribution is -0.117. The molecule has 2 aromatic carbocycles. The summed E-state index contributed by atoms with van der Waals surface area (Å²) in [6, 6.07) is 17.6. The number of benzene rings is 2. The summed E-state index contributed by atoms with van der Waals surface area (Å²) in [6.07, 6.45) is 3.39. The van der Waals surface area contributed by atoms with Gasteiger partial charge < -0.3 is 10.1 Å². The fraction of sp³-hybridized carbons (Fsp3) is 0.250. The predicted octanol–water partition coefficient (Wildman–Crippen LogP) is 4.78. The van der Waals surface area contributed by atoms with E-state index in [-0.39, 0.29) is 11.9 Å². The molecule has 5 heteroatoms. The van der Waals surface area contributed by atoms with Gasteiger partial charge in [-0.2, -0.15) is 5.10 Å². The van der Waals surface area contributed by atoms with Crippen molar-refractivity contribution in [1.82, 2.24) is 15.1 Å². The number of nitrogens with zero attached hydrogens (tertiary/aromatic N) is 2. The zero-order chi connectivity index (χ0) is 20.8. The van der Waals surface area contributed by atoms with Crippen LogP contribution in [0.2, 0.25) is 0 Å². The van der Waals surface area contributed by atoms with Crippen molar-refractivity contribution in [3.63, 3.8) is 0 Å². The zero-order valence-electron chi connectivity index (χ0n) is 17.3. The van der Waals surface area contributed by atoms with Gasteiger partial charge in [0.25, 0.3) is 0 Å². The van der Waals surface area contributed by atoms with E-state index in [2.05, 4.69) is 10.4 Å². The minimum absolute atomic E-state index is 0.123. The van der Waals surface area contributed by atoms with Crippen molar-refractivity contribution < 1.29 is 9.53 Å². The highest BCUT2D eigenvalue weighted by molar-refractivity contribution is 5.92. The van der Waals surface area contributed by atoms with Crippen LogP contribution in [0.4, 0.5) is 0 Å². The van der Waals surface area contributed by atoms with Crippen LogP contribution in [-0.4, -0.2) is 22.3 Å². The molecule has 150 valence electrons. The Morgan fingerprint density at radius 2 is 1.93 bits per heavy atom. The second-order valence-electron chi connectivity index (χ2n) is 6.90. The van der Waals surface area contributed by atoms with Gasteiger partial charge in [-0.05, 0) is 63.6 Å². The van der Waals surface area contributed by atoms with Crippen LogP contribution in [0.25, 0.3) is 11.8 Å². The first-order valence-corrected chi connectivity index (χ1v) is 9.82. The van der Waals surface area contributed by atoms with Gasteiger partial charge >= 0.3 is 0 Å². The third-order valence-corrected chi connectivity index (χ3v) is 4.78. The molecule has 0 saturated carbocycles. The molecule has 5 nitrogen and oxygen atoms in total. The van der Waals surface area contributed by atoms with E-state index in [1.165, 1.54) is 0 Å². The van der Waals surface area contributed by atoms with E-state index in [9.17, 15) is 4.79 Å². The summed E-state index contributed by atoms with van der Waals surface area (Å²) < 4.78 is 7.43. The van der Waals surface area contributed by atoms with Gasteiger partial charge in [0.05, 0.1) is 24.0 Å². The van der Waals surface area contributed by atoms with Crippen molar-refractivity contribution in [2.75, 3.05) is 6.61 Å². The monoisotopic (exact) mass is 389 g/mol. The second kappa shape index (κ2) is 9.24. The number of rotatable bonds is 7. The molecule has 1 heterocycles. The summed E-state index contributed by atoms with van der Waals surface area (Å²) in [5, 5.41) is 7.62. The summed E-state index contributed by atoms with van der Waals surface area (Å²) in [5.74, 6) is 0.659. The Hall–Kier alpha value is -3.34. The number of hydrogen-bond donors (Lipinski definition) is 1. The molecule has 29 heavy (non-hydrogen) atoms. The van der Waals surface area contributed by atoms with E-state index in [1.54, 1.807) is 6.08 Å². The molecule has 0 radical (unpaired) electrons. The van der Waals surface area contributed by atoms with Gasteiger partial charge in [0.2, 0.25) is 5.91 Å². The highest BCUT2D eigenvalue weighted by Crippen LogP contribution is 2.20. The maximum atomic E-state index is 12.5. The molecule has 3 rings (SSSR count). The molecule has 1 aromatic heterocycles. The molecule has 1 amide bonds. The average Bonchev–Trinajstić information content (AvgIpc) is 3.01. The van der Waals surface area contributed by atoms with E-state index >= 15 is 0 Å². The summed E-state index contributed by atoms with van der Waals surface area (Å²) in [7, 11) is 0. The van der Waals surface area contributed by atoms with E-state index < -0.39 is 0 Å². The van der Waals surface area contributed by atoms with Crippen LogP contribution in [0.5, 0.6) is 5.75 Å². The first-order valence-electron chi connectivity index (χ1n) is 9.82. The molecule has 0 aliphatic heterocycles. The van der Waals surface area contributed by atoms with Gasteiger partial charge in [0.1, 0.15) is 5.75 Å². The van der Waals surface area contributed by atoms with Crippen LogP contribution in [0.3, 0.4) is 0 Å². The summed E-state index contributed by atoms with van der Waals surface area (Å²) in [5.41, 5.74) is 4.83. The first-order chi connectivity index (χ1) is 14.0. The maximum absolute atomic E-state index is 12.5. The van der Waals surface area contributed by atoms with E-state index in [4.69, 9.17) is 4.74 Å². The Bertz CT molecular complexity index is 1010. The number of carbonyl (C=O) groups is 1. The third-order valence-electron chi connectivity index (χ3n) is 4.78. The molecule has 3 aromatic rings. The number of aryl methyl sites for hydroxylation is 1. The molecule has 1 atom stereocenters. The molecule has 0 spiro atoms. The number of para-hydroxylation sites is 1. The maximum Gasteiger partial charge on any atom is 0.244 e. The van der Waals surface area contributed by atoms with Crippen molar-refractivity contribution in [2.45, 2.75) is 33.7 Å². The lowest BCUT2D eigenvalue weighted by Crippen LogP contribution is -2.24. The number of amides is 1. The molecule has 1 unspecified atom stereocenters. The predicted molar refractivity (Wildman–Crippen MR) is 116 cm³/mol. The normalized spacial score (nSPS) is 12.1. The number of aromatic nitrogens is 2. The van der Waals surface area contributed by atoms with Crippen LogP contribution < -0.4 is 10.1 Å².